The summed E-state index contributed by atoms with van der Waals surface area (Å²) in [6, 6.07) is 0.481. The van der Waals surface area contributed by atoms with Crippen LogP contribution in [0.1, 0.15) is 30.8 Å². The van der Waals surface area contributed by atoms with Crippen LogP contribution in [0.4, 0.5) is 0 Å². The van der Waals surface area contributed by atoms with Crippen molar-refractivity contribution in [2.24, 2.45) is 0 Å². The van der Waals surface area contributed by atoms with Gasteiger partial charge in [0.2, 0.25) is 0 Å². The summed E-state index contributed by atoms with van der Waals surface area (Å²) < 4.78 is 5.25. The predicted octanol–water partition coefficient (Wildman–Crippen LogP) is 1.57. The van der Waals surface area contributed by atoms with Crippen LogP contribution in [0.2, 0.25) is 0 Å². The molecule has 5 heteroatoms. The second-order valence-electron chi connectivity index (χ2n) is 3.26. The van der Waals surface area contributed by atoms with Gasteiger partial charge in [-0.2, -0.15) is 0 Å². The van der Waals surface area contributed by atoms with E-state index >= 15 is 0 Å². The van der Waals surface area contributed by atoms with Gasteiger partial charge in [-0.3, -0.25) is 0 Å². The Morgan fingerprint density at radius 1 is 1.36 bits per heavy atom. The highest BCUT2D eigenvalue weighted by Crippen LogP contribution is 2.10. The number of nitrogens with zero attached hydrogens (tertiary/aromatic N) is 2. The van der Waals surface area contributed by atoms with E-state index in [1.165, 1.54) is 0 Å². The van der Waals surface area contributed by atoms with Crippen LogP contribution in [-0.4, -0.2) is 22.8 Å². The molecule has 1 rings (SSSR count). The lowest BCUT2D eigenvalue weighted by Gasteiger charge is -2.03. The summed E-state index contributed by atoms with van der Waals surface area (Å²) in [5.74, 6) is 0. The van der Waals surface area contributed by atoms with Gasteiger partial charge < -0.3 is 10.1 Å². The molecular formula is C9H17N3OS. The maximum absolute atomic E-state index is 5.25. The summed E-state index contributed by atoms with van der Waals surface area (Å²) in [5, 5.41) is 13.4. The average Bonchev–Trinajstić information content (AvgIpc) is 2.59. The Morgan fingerprint density at radius 3 is 2.71 bits per heavy atom. The minimum absolute atomic E-state index is 0.481. The SMILES string of the molecule is CCOCc1nnc(CNC(C)C)s1. The average molecular weight is 215 g/mol. The van der Waals surface area contributed by atoms with Gasteiger partial charge in [-0.1, -0.05) is 25.2 Å². The summed E-state index contributed by atoms with van der Waals surface area (Å²) in [7, 11) is 0. The summed E-state index contributed by atoms with van der Waals surface area (Å²) in [6.45, 7) is 8.29. The third-order valence-corrected chi connectivity index (χ3v) is 2.50. The molecule has 0 amide bonds. The molecule has 80 valence electrons. The molecule has 0 spiro atoms. The van der Waals surface area contributed by atoms with Crippen molar-refractivity contribution >= 4 is 11.3 Å². The normalized spacial score (nSPS) is 11.1. The van der Waals surface area contributed by atoms with Crippen LogP contribution in [-0.2, 0) is 17.9 Å². The number of hydrogen-bond acceptors (Lipinski definition) is 5. The van der Waals surface area contributed by atoms with Gasteiger partial charge in [0.05, 0.1) is 0 Å². The summed E-state index contributed by atoms with van der Waals surface area (Å²) in [6.07, 6.45) is 0. The zero-order valence-electron chi connectivity index (χ0n) is 8.91. The Hall–Kier alpha value is -0.520. The maximum atomic E-state index is 5.25. The Morgan fingerprint density at radius 2 is 2.07 bits per heavy atom. The van der Waals surface area contributed by atoms with Crippen LogP contribution < -0.4 is 5.32 Å². The van der Waals surface area contributed by atoms with Crippen molar-refractivity contribution in [3.05, 3.63) is 10.0 Å². The zero-order valence-corrected chi connectivity index (χ0v) is 9.73. The quantitative estimate of drug-likeness (QED) is 0.782. The molecule has 4 nitrogen and oxygen atoms in total. The van der Waals surface area contributed by atoms with Gasteiger partial charge in [-0.15, -0.1) is 10.2 Å². The summed E-state index contributed by atoms with van der Waals surface area (Å²) in [5.41, 5.74) is 0. The molecule has 0 aromatic carbocycles. The summed E-state index contributed by atoms with van der Waals surface area (Å²) in [4.78, 5) is 0. The largest absolute Gasteiger partial charge is 0.374 e. The van der Waals surface area contributed by atoms with Crippen molar-refractivity contribution in [2.45, 2.75) is 40.0 Å². The third kappa shape index (κ3) is 4.13. The van der Waals surface area contributed by atoms with Crippen molar-refractivity contribution in [1.82, 2.24) is 15.5 Å². The fraction of sp³-hybridized carbons (Fsp3) is 0.778. The molecular weight excluding hydrogens is 198 g/mol. The topological polar surface area (TPSA) is 47.0 Å². The summed E-state index contributed by atoms with van der Waals surface area (Å²) >= 11 is 1.61. The Labute approximate surface area is 88.7 Å². The van der Waals surface area contributed by atoms with Gasteiger partial charge in [-0.25, -0.2) is 0 Å². The van der Waals surface area contributed by atoms with E-state index in [4.69, 9.17) is 4.74 Å². The van der Waals surface area contributed by atoms with E-state index < -0.39 is 0 Å². The van der Waals surface area contributed by atoms with E-state index in [1.54, 1.807) is 11.3 Å². The first kappa shape index (κ1) is 11.6. The van der Waals surface area contributed by atoms with Gasteiger partial charge in [0.25, 0.3) is 0 Å². The molecule has 0 bridgehead atoms. The molecule has 0 aliphatic carbocycles. The smallest absolute Gasteiger partial charge is 0.143 e. The molecule has 0 saturated carbocycles. The second-order valence-corrected chi connectivity index (χ2v) is 4.41. The third-order valence-electron chi connectivity index (χ3n) is 1.60. The first-order valence-electron chi connectivity index (χ1n) is 4.84. The number of aromatic nitrogens is 2. The van der Waals surface area contributed by atoms with Crippen LogP contribution in [0.25, 0.3) is 0 Å². The Bertz CT molecular complexity index is 262. The molecule has 1 N–H and O–H groups in total. The molecule has 1 aromatic heterocycles. The highest BCUT2D eigenvalue weighted by molar-refractivity contribution is 7.11. The number of ether oxygens (including phenoxy) is 1. The van der Waals surface area contributed by atoms with Gasteiger partial charge in [0.15, 0.2) is 0 Å². The molecule has 0 fully saturated rings. The van der Waals surface area contributed by atoms with E-state index in [-0.39, 0.29) is 0 Å². The van der Waals surface area contributed by atoms with E-state index in [2.05, 4.69) is 29.4 Å². The Kier molecular flexibility index (Phi) is 5.00. The van der Waals surface area contributed by atoms with Gasteiger partial charge in [0, 0.05) is 19.2 Å². The second kappa shape index (κ2) is 6.06. The minimum Gasteiger partial charge on any atom is -0.374 e. The van der Waals surface area contributed by atoms with Gasteiger partial charge in [0.1, 0.15) is 16.6 Å². The highest BCUT2D eigenvalue weighted by atomic mass is 32.1. The van der Waals surface area contributed by atoms with Gasteiger partial charge >= 0.3 is 0 Å². The van der Waals surface area contributed by atoms with Crippen molar-refractivity contribution in [3.8, 4) is 0 Å². The zero-order chi connectivity index (χ0) is 10.4. The first-order chi connectivity index (χ1) is 6.72. The molecule has 1 heterocycles. The van der Waals surface area contributed by atoms with Gasteiger partial charge in [-0.05, 0) is 6.92 Å². The number of rotatable bonds is 6. The molecule has 0 saturated heterocycles. The van der Waals surface area contributed by atoms with Crippen LogP contribution in [0.3, 0.4) is 0 Å². The maximum Gasteiger partial charge on any atom is 0.143 e. The van der Waals surface area contributed by atoms with Crippen molar-refractivity contribution < 1.29 is 4.74 Å². The fourth-order valence-electron chi connectivity index (χ4n) is 0.899. The van der Waals surface area contributed by atoms with Crippen molar-refractivity contribution in [1.29, 1.82) is 0 Å². The molecule has 0 radical (unpaired) electrons. The molecule has 0 aliphatic heterocycles. The lowest BCUT2D eigenvalue weighted by atomic mass is 10.4. The molecule has 0 atom stereocenters. The monoisotopic (exact) mass is 215 g/mol. The number of nitrogens with one attached hydrogen (secondary N) is 1. The molecule has 0 unspecified atom stereocenters. The standard InChI is InChI=1S/C9H17N3OS/c1-4-13-6-9-12-11-8(14-9)5-10-7(2)3/h7,10H,4-6H2,1-3H3. The molecule has 1 aromatic rings. The predicted molar refractivity (Wildman–Crippen MR) is 57.2 cm³/mol. The van der Waals surface area contributed by atoms with E-state index in [0.29, 0.717) is 12.6 Å². The van der Waals surface area contributed by atoms with E-state index in [0.717, 1.165) is 23.2 Å². The van der Waals surface area contributed by atoms with E-state index in [9.17, 15) is 0 Å². The first-order valence-corrected chi connectivity index (χ1v) is 5.66. The minimum atomic E-state index is 0.481. The van der Waals surface area contributed by atoms with Crippen LogP contribution in [0.15, 0.2) is 0 Å². The van der Waals surface area contributed by atoms with Crippen LogP contribution in [0.5, 0.6) is 0 Å². The lowest BCUT2D eigenvalue weighted by Crippen LogP contribution is -2.21. The fourth-order valence-corrected chi connectivity index (χ4v) is 1.63. The van der Waals surface area contributed by atoms with Crippen molar-refractivity contribution in [3.63, 3.8) is 0 Å². The lowest BCUT2D eigenvalue weighted by molar-refractivity contribution is 0.133. The van der Waals surface area contributed by atoms with Crippen LogP contribution >= 0.6 is 11.3 Å². The van der Waals surface area contributed by atoms with Crippen molar-refractivity contribution in [2.75, 3.05) is 6.61 Å². The van der Waals surface area contributed by atoms with Crippen LogP contribution in [0, 0.1) is 0 Å². The molecule has 14 heavy (non-hydrogen) atoms. The Balaban J connectivity index is 2.35. The molecule has 0 aliphatic rings. The van der Waals surface area contributed by atoms with E-state index in [1.807, 2.05) is 6.92 Å². The number of hydrogen-bond donors (Lipinski definition) is 1. The highest BCUT2D eigenvalue weighted by Gasteiger charge is 2.03.